The predicted octanol–water partition coefficient (Wildman–Crippen LogP) is 0.589. The number of ether oxygens (including phenoxy) is 1. The van der Waals surface area contributed by atoms with Crippen molar-refractivity contribution in [2.24, 2.45) is 0 Å². The monoisotopic (exact) mass is 283 g/mol. The van der Waals surface area contributed by atoms with Crippen LogP contribution in [0, 0.1) is 22.7 Å². The van der Waals surface area contributed by atoms with Crippen LogP contribution in [0.5, 0.6) is 0 Å². The lowest BCUT2D eigenvalue weighted by Crippen LogP contribution is -2.35. The third kappa shape index (κ3) is 2.33. The van der Waals surface area contributed by atoms with E-state index in [1.807, 2.05) is 0 Å². The van der Waals surface area contributed by atoms with Crippen LogP contribution >= 0.6 is 0 Å². The molecule has 7 nitrogen and oxygen atoms in total. The number of rotatable bonds is 3. The van der Waals surface area contributed by atoms with E-state index in [1.165, 1.54) is 12.1 Å². The largest absolute Gasteiger partial charge is 0.465 e. The second kappa shape index (κ2) is 5.43. The number of hydrogen-bond donors (Lipinski definition) is 0. The van der Waals surface area contributed by atoms with Crippen molar-refractivity contribution in [3.05, 3.63) is 34.4 Å². The van der Waals surface area contributed by atoms with Gasteiger partial charge in [0.05, 0.1) is 28.9 Å². The van der Waals surface area contributed by atoms with Gasteiger partial charge in [0, 0.05) is 0 Å². The van der Waals surface area contributed by atoms with Crippen molar-refractivity contribution in [1.29, 1.82) is 10.5 Å². The van der Waals surface area contributed by atoms with E-state index in [9.17, 15) is 14.4 Å². The first-order valence-corrected chi connectivity index (χ1v) is 6.03. The number of hydrogen-bond acceptors (Lipinski definition) is 6. The summed E-state index contributed by atoms with van der Waals surface area (Å²) in [5, 5.41) is 17.9. The van der Waals surface area contributed by atoms with E-state index < -0.39 is 24.3 Å². The molecule has 1 aromatic rings. The fourth-order valence-electron chi connectivity index (χ4n) is 2.00. The third-order valence-electron chi connectivity index (χ3n) is 2.94. The molecule has 0 radical (unpaired) electrons. The quantitative estimate of drug-likeness (QED) is 0.592. The second-order valence-corrected chi connectivity index (χ2v) is 4.17. The summed E-state index contributed by atoms with van der Waals surface area (Å²) in [4.78, 5) is 36.4. The molecule has 21 heavy (non-hydrogen) atoms. The van der Waals surface area contributed by atoms with Crippen molar-refractivity contribution < 1.29 is 19.1 Å². The number of nitrogens with zero attached hydrogens (tertiary/aromatic N) is 3. The zero-order chi connectivity index (χ0) is 15.6. The van der Waals surface area contributed by atoms with Crippen molar-refractivity contribution in [3.63, 3.8) is 0 Å². The molecule has 0 unspecified atom stereocenters. The van der Waals surface area contributed by atoms with E-state index in [2.05, 4.69) is 0 Å². The van der Waals surface area contributed by atoms with Gasteiger partial charge in [0.15, 0.2) is 0 Å². The molecule has 7 heteroatoms. The van der Waals surface area contributed by atoms with Gasteiger partial charge in [-0.05, 0) is 19.1 Å². The zero-order valence-electron chi connectivity index (χ0n) is 11.0. The molecule has 0 aromatic heterocycles. The summed E-state index contributed by atoms with van der Waals surface area (Å²) in [5.41, 5.74) is 0.0467. The van der Waals surface area contributed by atoms with E-state index in [0.29, 0.717) is 0 Å². The lowest BCUT2D eigenvalue weighted by molar-refractivity contribution is -0.143. The van der Waals surface area contributed by atoms with Gasteiger partial charge in [-0.15, -0.1) is 0 Å². The van der Waals surface area contributed by atoms with Crippen LogP contribution in [0.4, 0.5) is 0 Å². The molecule has 2 amide bonds. The minimum absolute atomic E-state index is 0.00962. The number of carbonyl (C=O) groups excluding carboxylic acids is 3. The number of fused-ring (bicyclic) bond motifs is 1. The number of nitriles is 2. The van der Waals surface area contributed by atoms with Crippen LogP contribution < -0.4 is 0 Å². The minimum atomic E-state index is -0.701. The van der Waals surface area contributed by atoms with Crippen LogP contribution in [0.3, 0.4) is 0 Å². The minimum Gasteiger partial charge on any atom is -0.465 e. The average Bonchev–Trinajstić information content (AvgIpc) is 2.70. The number of esters is 1. The van der Waals surface area contributed by atoms with Gasteiger partial charge in [0.25, 0.3) is 11.8 Å². The molecular formula is C14H9N3O4. The summed E-state index contributed by atoms with van der Waals surface area (Å²) in [5.74, 6) is -2.05. The van der Waals surface area contributed by atoms with Gasteiger partial charge in [0.1, 0.15) is 18.7 Å². The van der Waals surface area contributed by atoms with Crippen molar-refractivity contribution in [1.82, 2.24) is 4.90 Å². The molecule has 0 saturated heterocycles. The Labute approximate surface area is 119 Å². The molecule has 2 rings (SSSR count). The van der Waals surface area contributed by atoms with Crippen molar-refractivity contribution in [3.8, 4) is 12.1 Å². The molecule has 1 heterocycles. The first-order chi connectivity index (χ1) is 10.0. The van der Waals surface area contributed by atoms with Gasteiger partial charge in [-0.25, -0.2) is 0 Å². The van der Waals surface area contributed by atoms with E-state index in [-0.39, 0.29) is 28.9 Å². The standard InChI is InChI=1S/C14H9N3O4/c1-2-21-12(18)7-17-13(19)10-3-8(5-15)9(6-16)4-11(10)14(17)20/h3-4H,2,7H2,1H3. The Kier molecular flexibility index (Phi) is 3.68. The lowest BCUT2D eigenvalue weighted by Gasteiger charge is -2.12. The Morgan fingerprint density at radius 1 is 1.14 bits per heavy atom. The molecule has 1 aliphatic rings. The van der Waals surface area contributed by atoms with Gasteiger partial charge in [-0.3, -0.25) is 19.3 Å². The summed E-state index contributed by atoms with van der Waals surface area (Å²) in [7, 11) is 0. The maximum atomic E-state index is 12.1. The number of carbonyl (C=O) groups is 3. The summed E-state index contributed by atoms with van der Waals surface area (Å²) < 4.78 is 4.70. The molecule has 104 valence electrons. The van der Waals surface area contributed by atoms with Gasteiger partial charge in [0.2, 0.25) is 0 Å². The number of benzene rings is 1. The molecule has 0 fully saturated rings. The molecule has 0 saturated carbocycles. The van der Waals surface area contributed by atoms with Crippen molar-refractivity contribution in [2.45, 2.75) is 6.92 Å². The Morgan fingerprint density at radius 2 is 1.62 bits per heavy atom. The van der Waals surface area contributed by atoms with Crippen molar-refractivity contribution in [2.75, 3.05) is 13.2 Å². The Morgan fingerprint density at radius 3 is 2.00 bits per heavy atom. The maximum absolute atomic E-state index is 12.1. The summed E-state index contributed by atoms with van der Waals surface area (Å²) in [6.07, 6.45) is 0. The highest BCUT2D eigenvalue weighted by Gasteiger charge is 2.37. The summed E-state index contributed by atoms with van der Waals surface area (Å²) >= 11 is 0. The Bertz CT molecular complexity index is 687. The highest BCUT2D eigenvalue weighted by molar-refractivity contribution is 6.22. The Hall–Kier alpha value is -3.19. The molecule has 0 atom stereocenters. The Balaban J connectivity index is 2.41. The molecule has 0 spiro atoms. The number of imide groups is 1. The smallest absolute Gasteiger partial charge is 0.326 e. The van der Waals surface area contributed by atoms with Crippen LogP contribution in [-0.4, -0.2) is 35.8 Å². The highest BCUT2D eigenvalue weighted by atomic mass is 16.5. The normalized spacial score (nSPS) is 12.6. The van der Waals surface area contributed by atoms with E-state index in [4.69, 9.17) is 15.3 Å². The van der Waals surface area contributed by atoms with Crippen LogP contribution in [0.25, 0.3) is 0 Å². The third-order valence-corrected chi connectivity index (χ3v) is 2.94. The first kappa shape index (κ1) is 14.2. The fraction of sp³-hybridized carbons (Fsp3) is 0.214. The fourth-order valence-corrected chi connectivity index (χ4v) is 2.00. The van der Waals surface area contributed by atoms with Crippen LogP contribution in [0.15, 0.2) is 12.1 Å². The van der Waals surface area contributed by atoms with Crippen LogP contribution in [0.2, 0.25) is 0 Å². The highest BCUT2D eigenvalue weighted by Crippen LogP contribution is 2.26. The molecule has 0 aliphatic carbocycles. The maximum Gasteiger partial charge on any atom is 0.326 e. The predicted molar refractivity (Wildman–Crippen MR) is 67.9 cm³/mol. The molecular weight excluding hydrogens is 274 g/mol. The van der Waals surface area contributed by atoms with E-state index in [0.717, 1.165) is 4.90 Å². The van der Waals surface area contributed by atoms with Crippen molar-refractivity contribution >= 4 is 17.8 Å². The summed E-state index contributed by atoms with van der Waals surface area (Å²) in [6.45, 7) is 1.25. The van der Waals surface area contributed by atoms with Gasteiger partial charge in [-0.2, -0.15) is 10.5 Å². The summed E-state index contributed by atoms with van der Waals surface area (Å²) in [6, 6.07) is 5.97. The second-order valence-electron chi connectivity index (χ2n) is 4.17. The molecule has 1 aliphatic heterocycles. The van der Waals surface area contributed by atoms with Crippen LogP contribution in [0.1, 0.15) is 38.8 Å². The zero-order valence-corrected chi connectivity index (χ0v) is 11.0. The van der Waals surface area contributed by atoms with Gasteiger partial charge < -0.3 is 4.74 Å². The number of amides is 2. The lowest BCUT2D eigenvalue weighted by atomic mass is 10.0. The first-order valence-electron chi connectivity index (χ1n) is 6.03. The average molecular weight is 283 g/mol. The van der Waals surface area contributed by atoms with Gasteiger partial charge >= 0.3 is 5.97 Å². The van der Waals surface area contributed by atoms with Gasteiger partial charge in [-0.1, -0.05) is 0 Å². The van der Waals surface area contributed by atoms with E-state index in [1.54, 1.807) is 19.1 Å². The SMILES string of the molecule is CCOC(=O)CN1C(=O)c2cc(C#N)c(C#N)cc2C1=O. The molecule has 1 aromatic carbocycles. The molecule has 0 bridgehead atoms. The molecule has 0 N–H and O–H groups in total. The topological polar surface area (TPSA) is 111 Å². The van der Waals surface area contributed by atoms with E-state index >= 15 is 0 Å². The van der Waals surface area contributed by atoms with Crippen LogP contribution in [-0.2, 0) is 9.53 Å².